The van der Waals surface area contributed by atoms with E-state index < -0.39 is 8.24 Å². The Hall–Kier alpha value is -3.69. The summed E-state index contributed by atoms with van der Waals surface area (Å²) in [5, 5.41) is 13.2. The fraction of sp³-hybridized carbons (Fsp3) is 0.400. The van der Waals surface area contributed by atoms with Gasteiger partial charge < -0.3 is 37.0 Å². The molecule has 0 spiro atoms. The van der Waals surface area contributed by atoms with Gasteiger partial charge in [-0.25, -0.2) is 0 Å². The number of hydrogen-bond acceptors (Lipinski definition) is 8. The fourth-order valence-electron chi connectivity index (χ4n) is 6.09. The number of unbranched alkanes of at least 4 members (excludes halogenated alkanes) is 3. The summed E-state index contributed by atoms with van der Waals surface area (Å²) < 4.78 is 44.5. The molecule has 5 rings (SSSR count). The van der Waals surface area contributed by atoms with Crippen LogP contribution in [0.5, 0.6) is 34.5 Å². The number of ether oxygens (including phenoxy) is 4. The molecule has 0 aliphatic heterocycles. The molecule has 0 unspecified atom stereocenters. The van der Waals surface area contributed by atoms with Crippen molar-refractivity contribution in [3.05, 3.63) is 68.8 Å². The minimum absolute atomic E-state index is 0.125. The maximum Gasteiger partial charge on any atom is 0.453 e. The normalized spacial score (nSPS) is 11.2. The lowest BCUT2D eigenvalue weighted by atomic mass is 9.97. The Bertz CT molecular complexity index is 1910. The average Bonchev–Trinajstić information content (AvgIpc) is 3.29. The third-order valence-electron chi connectivity index (χ3n) is 8.87. The van der Waals surface area contributed by atoms with Crippen LogP contribution in [0, 0.1) is 3.57 Å². The van der Waals surface area contributed by atoms with Gasteiger partial charge in [0.05, 0.1) is 32.0 Å². The summed E-state index contributed by atoms with van der Waals surface area (Å²) in [4.78, 5) is 0. The second kappa shape index (κ2) is 17.5. The van der Waals surface area contributed by atoms with Crippen molar-refractivity contribution in [1.82, 2.24) is 0 Å². The number of aromatic hydroxyl groups is 1. The second-order valence-electron chi connectivity index (χ2n) is 12.3. The first kappa shape index (κ1) is 37.6. The highest BCUT2D eigenvalue weighted by Gasteiger charge is 2.23. The number of benzene rings is 4. The Balaban J connectivity index is 1.90. The molecule has 50 heavy (non-hydrogen) atoms. The lowest BCUT2D eigenvalue weighted by Crippen LogP contribution is -1.98. The van der Waals surface area contributed by atoms with Crippen molar-refractivity contribution in [2.45, 2.75) is 78.6 Å². The summed E-state index contributed by atoms with van der Waals surface area (Å²) >= 11 is 2.12. The number of phenols is 1. The van der Waals surface area contributed by atoms with Crippen LogP contribution in [0.1, 0.15) is 76.0 Å². The first-order valence-corrected chi connectivity index (χ1v) is 19.5. The van der Waals surface area contributed by atoms with Gasteiger partial charge in [-0.05, 0) is 126 Å². The van der Waals surface area contributed by atoms with Crippen LogP contribution < -0.4 is 23.5 Å². The highest BCUT2D eigenvalue weighted by molar-refractivity contribution is 14.1. The van der Waals surface area contributed by atoms with Crippen LogP contribution >= 0.6 is 30.8 Å². The van der Waals surface area contributed by atoms with Crippen molar-refractivity contribution in [1.29, 1.82) is 0 Å². The zero-order chi connectivity index (χ0) is 35.8. The molecule has 10 heteroatoms. The summed E-state index contributed by atoms with van der Waals surface area (Å²) in [7, 11) is 4.58. The Morgan fingerprint density at radius 2 is 1.00 bits per heavy atom. The summed E-state index contributed by atoms with van der Waals surface area (Å²) in [5.41, 5.74) is 5.62. The van der Waals surface area contributed by atoms with Crippen LogP contribution in [-0.4, -0.2) is 33.5 Å². The van der Waals surface area contributed by atoms with Crippen LogP contribution in [0.2, 0.25) is 0 Å². The molecule has 268 valence electrons. The first-order chi connectivity index (χ1) is 24.3. The lowest BCUT2D eigenvalue weighted by molar-refractivity contribution is 0.410. The smallest absolute Gasteiger partial charge is 0.453 e. The summed E-state index contributed by atoms with van der Waals surface area (Å²) in [6.07, 6.45) is 8.25. The van der Waals surface area contributed by atoms with Crippen molar-refractivity contribution >= 4 is 52.8 Å². The molecule has 0 saturated carbocycles. The van der Waals surface area contributed by atoms with E-state index in [0.717, 1.165) is 96.7 Å². The molecular formula is C40H48IO8P. The van der Waals surface area contributed by atoms with E-state index in [2.05, 4.69) is 43.4 Å². The summed E-state index contributed by atoms with van der Waals surface area (Å²) in [6, 6.07) is 15.6. The van der Waals surface area contributed by atoms with Gasteiger partial charge >= 0.3 is 8.24 Å². The number of methoxy groups -OCH3 is 4. The van der Waals surface area contributed by atoms with Crippen molar-refractivity contribution in [2.24, 2.45) is 0 Å². The number of halogens is 1. The third kappa shape index (κ3) is 8.26. The third-order valence-corrected chi connectivity index (χ3v) is 10.7. The molecule has 0 atom stereocenters. The van der Waals surface area contributed by atoms with E-state index in [1.54, 1.807) is 34.5 Å². The molecule has 1 aromatic heterocycles. The number of phenolic OH excluding ortho intramolecular Hbond substituents is 1. The Morgan fingerprint density at radius 3 is 1.48 bits per heavy atom. The Kier molecular flexibility index (Phi) is 13.1. The molecule has 0 aliphatic rings. The quantitative estimate of drug-likeness (QED) is 0.0985. The molecule has 0 radical (unpaired) electrons. The number of fused-ring (bicyclic) bond motifs is 3. The van der Waals surface area contributed by atoms with Crippen molar-refractivity contribution in [2.75, 3.05) is 28.4 Å². The van der Waals surface area contributed by atoms with Crippen LogP contribution in [0.25, 0.3) is 33.1 Å². The van der Waals surface area contributed by atoms with Crippen molar-refractivity contribution < 1.29 is 37.0 Å². The molecule has 0 amide bonds. The summed E-state index contributed by atoms with van der Waals surface area (Å²) in [5.74, 6) is 3.46. The van der Waals surface area contributed by atoms with Gasteiger partial charge in [-0.15, -0.1) is 0 Å². The minimum Gasteiger partial charge on any atom is -0.506 e. The molecule has 0 bridgehead atoms. The molecule has 1 heterocycles. The predicted octanol–water partition coefficient (Wildman–Crippen LogP) is 12.2. The Morgan fingerprint density at radius 1 is 0.580 bits per heavy atom. The molecule has 5 aromatic rings. The monoisotopic (exact) mass is 814 g/mol. The van der Waals surface area contributed by atoms with Gasteiger partial charge in [-0.1, -0.05) is 40.0 Å². The largest absolute Gasteiger partial charge is 0.506 e. The van der Waals surface area contributed by atoms with Crippen molar-refractivity contribution in [3.63, 3.8) is 0 Å². The van der Waals surface area contributed by atoms with Gasteiger partial charge in [0.25, 0.3) is 0 Å². The van der Waals surface area contributed by atoms with E-state index in [0.29, 0.717) is 43.1 Å². The van der Waals surface area contributed by atoms with E-state index in [9.17, 15) is 5.11 Å². The molecule has 8 nitrogen and oxygen atoms in total. The number of hydrogen-bond donors (Lipinski definition) is 1. The van der Waals surface area contributed by atoms with E-state index in [-0.39, 0.29) is 5.75 Å². The topological polar surface area (TPSA) is 92.7 Å². The lowest BCUT2D eigenvalue weighted by Gasteiger charge is -2.18. The van der Waals surface area contributed by atoms with Gasteiger partial charge in [0.1, 0.15) is 45.7 Å². The van der Waals surface area contributed by atoms with Gasteiger partial charge in [0, 0.05) is 21.9 Å². The van der Waals surface area contributed by atoms with Crippen LogP contribution in [0.4, 0.5) is 0 Å². The molecule has 0 saturated heterocycles. The first-order valence-electron chi connectivity index (χ1n) is 17.3. The van der Waals surface area contributed by atoms with Gasteiger partial charge in [0.2, 0.25) is 0 Å². The molecule has 1 N–H and O–H groups in total. The van der Waals surface area contributed by atoms with E-state index in [1.807, 2.05) is 42.5 Å². The maximum absolute atomic E-state index is 11.4. The zero-order valence-corrected chi connectivity index (χ0v) is 33.2. The SMILES string of the molecule is CCCCc1cc(OC)cc(-c2cc(OC)cc(I)c2O)c1Op1oc2c(CCCC)cc(OC)cc2c2cc(OC)cc(CCCC)c2o1. The summed E-state index contributed by atoms with van der Waals surface area (Å²) in [6.45, 7) is 6.51. The zero-order valence-electron chi connectivity index (χ0n) is 30.1. The minimum atomic E-state index is -2.06. The fourth-order valence-corrected chi connectivity index (χ4v) is 7.90. The van der Waals surface area contributed by atoms with Crippen LogP contribution in [0.15, 0.2) is 56.9 Å². The van der Waals surface area contributed by atoms with E-state index >= 15 is 0 Å². The predicted molar refractivity (Wildman–Crippen MR) is 211 cm³/mol. The van der Waals surface area contributed by atoms with Crippen LogP contribution in [0.3, 0.4) is 0 Å². The highest BCUT2D eigenvalue weighted by Crippen LogP contribution is 2.49. The van der Waals surface area contributed by atoms with Gasteiger partial charge in [-0.2, -0.15) is 0 Å². The highest BCUT2D eigenvalue weighted by atomic mass is 127. The average molecular weight is 815 g/mol. The number of rotatable bonds is 16. The molecule has 0 aliphatic carbocycles. The number of aryl methyl sites for hydroxylation is 3. The second-order valence-corrected chi connectivity index (χ2v) is 14.5. The van der Waals surface area contributed by atoms with E-state index in [1.165, 1.54) is 0 Å². The van der Waals surface area contributed by atoms with E-state index in [4.69, 9.17) is 31.9 Å². The van der Waals surface area contributed by atoms with Crippen LogP contribution in [-0.2, 0) is 19.3 Å². The Labute approximate surface area is 309 Å². The maximum atomic E-state index is 11.4. The molecular weight excluding hydrogens is 766 g/mol. The molecule has 4 aromatic carbocycles. The standard InChI is InChI=1S/C40H48IO8P/c1-8-11-14-25-17-28(43-4)21-33(32-20-31(46-7)24-36(41)37(32)42)38(25)47-50-48-39-26(15-12-9-2)18-29(44-5)22-34(39)35-23-30(45-6)19-27(16-13-10-3)40(35)49-50/h17-24,42H,8-16H2,1-7H3. The van der Waals surface area contributed by atoms with Gasteiger partial charge in [0.15, 0.2) is 0 Å². The van der Waals surface area contributed by atoms with Gasteiger partial charge in [-0.3, -0.25) is 0 Å². The molecule has 0 fully saturated rings. The van der Waals surface area contributed by atoms with Crippen molar-refractivity contribution in [3.8, 4) is 45.6 Å².